The van der Waals surface area contributed by atoms with Gasteiger partial charge in [0.1, 0.15) is 11.9 Å². The van der Waals surface area contributed by atoms with Gasteiger partial charge in [-0.3, -0.25) is 9.48 Å². The largest absolute Gasteiger partial charge is 0.435 e. The molecule has 0 saturated carbocycles. The molecule has 0 fully saturated rings. The van der Waals surface area contributed by atoms with Crippen molar-refractivity contribution in [2.75, 3.05) is 6.54 Å². The van der Waals surface area contributed by atoms with Crippen molar-refractivity contribution in [1.29, 1.82) is 0 Å². The summed E-state index contributed by atoms with van der Waals surface area (Å²) in [5.41, 5.74) is -0.531. The van der Waals surface area contributed by atoms with Crippen molar-refractivity contribution in [3.05, 3.63) is 35.7 Å². The number of aryl methyl sites for hydroxylation is 1. The third kappa shape index (κ3) is 4.40. The van der Waals surface area contributed by atoms with Crippen LogP contribution in [0.4, 0.5) is 13.2 Å². The summed E-state index contributed by atoms with van der Waals surface area (Å²) >= 11 is 0. The van der Waals surface area contributed by atoms with Crippen LogP contribution in [0, 0.1) is 6.92 Å². The van der Waals surface area contributed by atoms with Gasteiger partial charge in [-0.15, -0.1) is 0 Å². The summed E-state index contributed by atoms with van der Waals surface area (Å²) in [4.78, 5) is 16.5. The molecular formula is C16H22F3N5O. The van der Waals surface area contributed by atoms with Gasteiger partial charge in [-0.05, 0) is 19.9 Å². The minimum absolute atomic E-state index is 0.168. The second-order valence-corrected chi connectivity index (χ2v) is 6.21. The van der Waals surface area contributed by atoms with Crippen molar-refractivity contribution >= 4 is 5.91 Å². The van der Waals surface area contributed by atoms with E-state index in [1.54, 1.807) is 30.8 Å². The molecule has 25 heavy (non-hydrogen) atoms. The number of rotatable bonds is 6. The lowest BCUT2D eigenvalue weighted by atomic mass is 10.2. The second kappa shape index (κ2) is 7.28. The van der Waals surface area contributed by atoms with Gasteiger partial charge >= 0.3 is 6.18 Å². The molecule has 0 radical (unpaired) electrons. The molecule has 2 heterocycles. The predicted octanol–water partition coefficient (Wildman–Crippen LogP) is 2.91. The minimum atomic E-state index is -4.47. The molecule has 9 heteroatoms. The highest BCUT2D eigenvalue weighted by atomic mass is 19.4. The van der Waals surface area contributed by atoms with E-state index in [9.17, 15) is 18.0 Å². The van der Waals surface area contributed by atoms with E-state index >= 15 is 0 Å². The molecule has 1 amide bonds. The number of aromatic nitrogens is 4. The number of amides is 1. The minimum Gasteiger partial charge on any atom is -0.352 e. The Morgan fingerprint density at radius 1 is 1.32 bits per heavy atom. The molecule has 0 unspecified atom stereocenters. The lowest BCUT2D eigenvalue weighted by Gasteiger charge is -2.18. The van der Waals surface area contributed by atoms with Gasteiger partial charge in [-0.1, -0.05) is 13.8 Å². The maximum atomic E-state index is 12.6. The number of carbonyl (C=O) groups is 1. The SMILES string of the molecule is Cc1cc(C(F)(F)F)nn1CCNC(=O)[C@H](C)n1ccnc1C(C)C. The van der Waals surface area contributed by atoms with E-state index in [-0.39, 0.29) is 24.9 Å². The number of alkyl halides is 3. The fraction of sp³-hybridized carbons (Fsp3) is 0.562. The van der Waals surface area contributed by atoms with Gasteiger partial charge in [0, 0.05) is 30.6 Å². The van der Waals surface area contributed by atoms with Gasteiger partial charge in [-0.2, -0.15) is 18.3 Å². The van der Waals surface area contributed by atoms with Crippen LogP contribution in [-0.4, -0.2) is 31.8 Å². The number of carbonyl (C=O) groups excluding carboxylic acids is 1. The Morgan fingerprint density at radius 2 is 2.00 bits per heavy atom. The molecule has 2 aromatic rings. The first kappa shape index (κ1) is 19.0. The number of nitrogens with zero attached hydrogens (tertiary/aromatic N) is 4. The Balaban J connectivity index is 1.94. The first-order valence-corrected chi connectivity index (χ1v) is 8.03. The van der Waals surface area contributed by atoms with E-state index < -0.39 is 17.9 Å². The molecule has 0 aliphatic carbocycles. The van der Waals surface area contributed by atoms with Gasteiger partial charge in [0.2, 0.25) is 5.91 Å². The van der Waals surface area contributed by atoms with Crippen molar-refractivity contribution in [3.8, 4) is 0 Å². The van der Waals surface area contributed by atoms with Crippen LogP contribution in [0.25, 0.3) is 0 Å². The maximum Gasteiger partial charge on any atom is 0.435 e. The fourth-order valence-electron chi connectivity index (χ4n) is 2.53. The van der Waals surface area contributed by atoms with Crippen molar-refractivity contribution in [2.45, 2.75) is 52.4 Å². The molecule has 0 bridgehead atoms. The Labute approximate surface area is 144 Å². The Hall–Kier alpha value is -2.32. The first-order chi connectivity index (χ1) is 11.6. The summed E-state index contributed by atoms with van der Waals surface area (Å²) in [6.07, 6.45) is -1.08. The van der Waals surface area contributed by atoms with Crippen LogP contribution < -0.4 is 5.32 Å². The molecule has 0 aliphatic heterocycles. The Morgan fingerprint density at radius 3 is 2.56 bits per heavy atom. The van der Waals surface area contributed by atoms with E-state index in [2.05, 4.69) is 15.4 Å². The molecule has 1 N–H and O–H groups in total. The van der Waals surface area contributed by atoms with Gasteiger partial charge in [0.25, 0.3) is 0 Å². The molecule has 0 aromatic carbocycles. The Bertz CT molecular complexity index is 732. The lowest BCUT2D eigenvalue weighted by molar-refractivity contribution is -0.141. The van der Waals surface area contributed by atoms with E-state index in [4.69, 9.17) is 0 Å². The first-order valence-electron chi connectivity index (χ1n) is 8.03. The summed E-state index contributed by atoms with van der Waals surface area (Å²) in [6.45, 7) is 7.64. The zero-order valence-corrected chi connectivity index (χ0v) is 14.6. The van der Waals surface area contributed by atoms with Crippen LogP contribution in [0.15, 0.2) is 18.5 Å². The van der Waals surface area contributed by atoms with Crippen LogP contribution in [0.2, 0.25) is 0 Å². The zero-order chi connectivity index (χ0) is 18.8. The van der Waals surface area contributed by atoms with Crippen molar-refractivity contribution in [3.63, 3.8) is 0 Å². The molecule has 6 nitrogen and oxygen atoms in total. The fourth-order valence-corrected chi connectivity index (χ4v) is 2.53. The topological polar surface area (TPSA) is 64.7 Å². The molecule has 1 atom stereocenters. The number of hydrogen-bond donors (Lipinski definition) is 1. The summed E-state index contributed by atoms with van der Waals surface area (Å²) in [5.74, 6) is 0.763. The molecule has 0 saturated heterocycles. The summed E-state index contributed by atoms with van der Waals surface area (Å²) in [6, 6.07) is 0.537. The van der Waals surface area contributed by atoms with Crippen LogP contribution >= 0.6 is 0 Å². The van der Waals surface area contributed by atoms with Crippen molar-refractivity contribution in [2.24, 2.45) is 0 Å². The van der Waals surface area contributed by atoms with E-state index in [0.717, 1.165) is 11.9 Å². The highest BCUT2D eigenvalue weighted by molar-refractivity contribution is 5.79. The molecule has 2 rings (SSSR count). The highest BCUT2D eigenvalue weighted by Crippen LogP contribution is 2.28. The number of imidazole rings is 1. The van der Waals surface area contributed by atoms with Crippen LogP contribution in [0.5, 0.6) is 0 Å². The summed E-state index contributed by atoms with van der Waals surface area (Å²) in [7, 11) is 0. The lowest BCUT2D eigenvalue weighted by Crippen LogP contribution is -2.34. The average molecular weight is 357 g/mol. The zero-order valence-electron chi connectivity index (χ0n) is 14.6. The van der Waals surface area contributed by atoms with E-state index in [1.807, 2.05) is 13.8 Å². The van der Waals surface area contributed by atoms with Gasteiger partial charge in [0.05, 0.1) is 6.54 Å². The molecule has 138 valence electrons. The second-order valence-electron chi connectivity index (χ2n) is 6.21. The predicted molar refractivity (Wildman–Crippen MR) is 86.0 cm³/mol. The van der Waals surface area contributed by atoms with Crippen LogP contribution in [0.1, 0.15) is 49.9 Å². The van der Waals surface area contributed by atoms with E-state index in [0.29, 0.717) is 5.69 Å². The average Bonchev–Trinajstić information content (AvgIpc) is 3.13. The van der Waals surface area contributed by atoms with Gasteiger partial charge < -0.3 is 9.88 Å². The number of nitrogens with one attached hydrogen (secondary N) is 1. The Kier molecular flexibility index (Phi) is 5.54. The van der Waals surface area contributed by atoms with Crippen LogP contribution in [0.3, 0.4) is 0 Å². The van der Waals surface area contributed by atoms with Gasteiger partial charge in [0.15, 0.2) is 5.69 Å². The number of halogens is 3. The highest BCUT2D eigenvalue weighted by Gasteiger charge is 2.34. The van der Waals surface area contributed by atoms with E-state index in [1.165, 1.54) is 4.68 Å². The van der Waals surface area contributed by atoms with Crippen molar-refractivity contribution in [1.82, 2.24) is 24.6 Å². The third-order valence-corrected chi connectivity index (χ3v) is 3.91. The third-order valence-electron chi connectivity index (χ3n) is 3.91. The smallest absolute Gasteiger partial charge is 0.352 e. The van der Waals surface area contributed by atoms with Gasteiger partial charge in [-0.25, -0.2) is 4.98 Å². The molecule has 0 spiro atoms. The summed E-state index contributed by atoms with van der Waals surface area (Å²) < 4.78 is 41.0. The van der Waals surface area contributed by atoms with Crippen LogP contribution in [-0.2, 0) is 17.5 Å². The standard InChI is InChI=1S/C16H22F3N5O/c1-10(2)14-20-5-7-23(14)12(4)15(25)21-6-8-24-11(3)9-13(22-24)16(17,18)19/h5,7,9-10,12H,6,8H2,1-4H3,(H,21,25)/t12-/m0/s1. The number of hydrogen-bond acceptors (Lipinski definition) is 3. The van der Waals surface area contributed by atoms with Crippen molar-refractivity contribution < 1.29 is 18.0 Å². The molecule has 2 aromatic heterocycles. The quantitative estimate of drug-likeness (QED) is 0.865. The summed E-state index contributed by atoms with van der Waals surface area (Å²) in [5, 5.41) is 6.27. The molecular weight excluding hydrogens is 335 g/mol. The maximum absolute atomic E-state index is 12.6. The monoisotopic (exact) mass is 357 g/mol. The molecule has 0 aliphatic rings. The normalized spacial score (nSPS) is 13.3.